The fraction of sp³-hybridized carbons (Fsp3) is 0.286. The fourth-order valence-electron chi connectivity index (χ4n) is 3.49. The number of benzene rings is 2. The molecule has 1 aliphatic heterocycles. The van der Waals surface area contributed by atoms with E-state index in [4.69, 9.17) is 4.99 Å². The Hall–Kier alpha value is -2.00. The van der Waals surface area contributed by atoms with E-state index in [0.29, 0.717) is 0 Å². The van der Waals surface area contributed by atoms with Crippen molar-refractivity contribution in [2.45, 2.75) is 25.7 Å². The largest absolute Gasteiger partial charge is 0.344 e. The van der Waals surface area contributed by atoms with E-state index in [1.54, 1.807) is 0 Å². The van der Waals surface area contributed by atoms with Gasteiger partial charge in [0.25, 0.3) is 0 Å². The highest BCUT2D eigenvalue weighted by Gasteiger charge is 2.26. The van der Waals surface area contributed by atoms with Crippen LogP contribution in [0.25, 0.3) is 0 Å². The zero-order valence-electron chi connectivity index (χ0n) is 13.8. The van der Waals surface area contributed by atoms with Gasteiger partial charge in [0.15, 0.2) is 0 Å². The number of hydrogen-bond acceptors (Lipinski definition) is 3. The molecule has 2 aliphatic rings. The van der Waals surface area contributed by atoms with Crippen molar-refractivity contribution in [3.05, 3.63) is 71.9 Å². The lowest BCUT2D eigenvalue weighted by Crippen LogP contribution is -2.26. The minimum absolute atomic E-state index is 1.06. The van der Waals surface area contributed by atoms with Gasteiger partial charge in [-0.1, -0.05) is 36.4 Å². The number of aliphatic imine (C=N–C) groups is 1. The molecule has 2 aromatic rings. The van der Waals surface area contributed by atoms with E-state index >= 15 is 0 Å². The molecule has 0 atom stereocenters. The van der Waals surface area contributed by atoms with Crippen molar-refractivity contribution in [2.75, 3.05) is 17.2 Å². The third-order valence-corrected chi connectivity index (χ3v) is 5.63. The number of anilines is 1. The van der Waals surface area contributed by atoms with Crippen LogP contribution < -0.4 is 4.90 Å². The van der Waals surface area contributed by atoms with Crippen LogP contribution in [0.15, 0.2) is 76.9 Å². The molecule has 0 bridgehead atoms. The van der Waals surface area contributed by atoms with E-state index in [1.807, 2.05) is 17.8 Å². The first-order valence-corrected chi connectivity index (χ1v) is 9.72. The molecule has 0 aromatic heterocycles. The van der Waals surface area contributed by atoms with E-state index in [2.05, 4.69) is 59.5 Å². The van der Waals surface area contributed by atoms with Gasteiger partial charge in [-0.05, 0) is 49.9 Å². The zero-order valence-corrected chi connectivity index (χ0v) is 14.6. The van der Waals surface area contributed by atoms with E-state index in [9.17, 15) is 0 Å². The molecule has 0 radical (unpaired) electrons. The van der Waals surface area contributed by atoms with Crippen molar-refractivity contribution < 1.29 is 0 Å². The summed E-state index contributed by atoms with van der Waals surface area (Å²) in [5.41, 5.74) is 5.34. The van der Waals surface area contributed by atoms with Crippen molar-refractivity contribution in [3.8, 4) is 0 Å². The number of nitrogens with zero attached hydrogens (tertiary/aromatic N) is 2. The van der Waals surface area contributed by atoms with Gasteiger partial charge in [0, 0.05) is 29.3 Å². The fourth-order valence-corrected chi connectivity index (χ4v) is 4.52. The summed E-state index contributed by atoms with van der Waals surface area (Å²) in [5.74, 6) is 1.08. The van der Waals surface area contributed by atoms with Crippen LogP contribution >= 0.6 is 11.8 Å². The number of hydrogen-bond donors (Lipinski definition) is 0. The molecule has 0 unspecified atom stereocenters. The average molecular weight is 334 g/mol. The Morgan fingerprint density at radius 2 is 1.54 bits per heavy atom. The Bertz CT molecular complexity index is 750. The first-order valence-electron chi connectivity index (χ1n) is 8.73. The Morgan fingerprint density at radius 3 is 2.33 bits per heavy atom. The lowest BCUT2D eigenvalue weighted by Gasteiger charge is -2.30. The molecular weight excluding hydrogens is 312 g/mol. The molecule has 4 rings (SSSR count). The maximum atomic E-state index is 4.99. The van der Waals surface area contributed by atoms with Gasteiger partial charge >= 0.3 is 0 Å². The minimum Gasteiger partial charge on any atom is -0.344 e. The van der Waals surface area contributed by atoms with E-state index in [0.717, 1.165) is 24.4 Å². The molecule has 0 saturated carbocycles. The molecule has 0 fully saturated rings. The molecule has 2 nitrogen and oxygen atoms in total. The number of para-hydroxylation sites is 2. The third kappa shape index (κ3) is 3.27. The topological polar surface area (TPSA) is 15.6 Å². The molecule has 1 heterocycles. The van der Waals surface area contributed by atoms with Gasteiger partial charge in [-0.15, -0.1) is 11.8 Å². The third-order valence-electron chi connectivity index (χ3n) is 4.63. The quantitative estimate of drug-likeness (QED) is 0.690. The van der Waals surface area contributed by atoms with Crippen molar-refractivity contribution in [1.29, 1.82) is 0 Å². The summed E-state index contributed by atoms with van der Waals surface area (Å²) in [6.45, 7) is 1.06. The van der Waals surface area contributed by atoms with Crippen LogP contribution in [0.4, 0.5) is 11.4 Å². The highest BCUT2D eigenvalue weighted by Crippen LogP contribution is 2.37. The van der Waals surface area contributed by atoms with Gasteiger partial charge < -0.3 is 4.90 Å². The van der Waals surface area contributed by atoms with Crippen LogP contribution in [0, 0.1) is 0 Å². The zero-order chi connectivity index (χ0) is 16.2. The molecule has 3 heteroatoms. The standard InChI is InChI=1S/C21H22N2S/c1-3-9-17(10-4-1)22-21-19-13-7-8-14-20(19)23(15-16-24-21)18-11-5-2-6-12-18/h1-6,9-12H,7-8,13-16H2. The Kier molecular flexibility index (Phi) is 4.70. The summed E-state index contributed by atoms with van der Waals surface area (Å²) in [7, 11) is 0. The van der Waals surface area contributed by atoms with Crippen LogP contribution in [0.2, 0.25) is 0 Å². The van der Waals surface area contributed by atoms with Crippen LogP contribution in [-0.2, 0) is 0 Å². The van der Waals surface area contributed by atoms with Crippen molar-refractivity contribution in [1.82, 2.24) is 0 Å². The second-order valence-corrected chi connectivity index (χ2v) is 7.30. The maximum absolute atomic E-state index is 4.99. The maximum Gasteiger partial charge on any atom is 0.102 e. The molecule has 0 saturated heterocycles. The SMILES string of the molecule is c1ccc(N=C2SCCN(c3ccccc3)C3=C2CCCC3)cc1. The number of thioether (sulfide) groups is 1. The molecule has 1 aliphatic carbocycles. The summed E-state index contributed by atoms with van der Waals surface area (Å²) in [4.78, 5) is 7.51. The molecule has 2 aromatic carbocycles. The lowest BCUT2D eigenvalue weighted by molar-refractivity contribution is 0.666. The van der Waals surface area contributed by atoms with Crippen LogP contribution in [0.1, 0.15) is 25.7 Å². The Morgan fingerprint density at radius 1 is 0.833 bits per heavy atom. The Labute approximate surface area is 148 Å². The second kappa shape index (κ2) is 7.27. The summed E-state index contributed by atoms with van der Waals surface area (Å²) in [5, 5.41) is 1.23. The van der Waals surface area contributed by atoms with Gasteiger partial charge in [0.1, 0.15) is 5.04 Å². The normalized spacial score (nSPS) is 20.0. The predicted molar refractivity (Wildman–Crippen MR) is 105 cm³/mol. The lowest BCUT2D eigenvalue weighted by atomic mass is 9.95. The van der Waals surface area contributed by atoms with Gasteiger partial charge in [-0.25, -0.2) is 4.99 Å². The molecule has 24 heavy (non-hydrogen) atoms. The smallest absolute Gasteiger partial charge is 0.102 e. The highest BCUT2D eigenvalue weighted by atomic mass is 32.2. The second-order valence-electron chi connectivity index (χ2n) is 6.22. The van der Waals surface area contributed by atoms with E-state index < -0.39 is 0 Å². The van der Waals surface area contributed by atoms with Crippen molar-refractivity contribution in [2.24, 2.45) is 4.99 Å². The monoisotopic (exact) mass is 334 g/mol. The van der Waals surface area contributed by atoms with E-state index in [1.165, 1.54) is 41.3 Å². The first kappa shape index (κ1) is 15.5. The predicted octanol–water partition coefficient (Wildman–Crippen LogP) is 5.80. The van der Waals surface area contributed by atoms with Crippen LogP contribution in [0.5, 0.6) is 0 Å². The summed E-state index contributed by atoms with van der Waals surface area (Å²) in [6, 6.07) is 21.2. The number of allylic oxidation sites excluding steroid dienone is 1. The summed E-state index contributed by atoms with van der Waals surface area (Å²) < 4.78 is 0. The number of rotatable bonds is 2. The van der Waals surface area contributed by atoms with Crippen LogP contribution in [0.3, 0.4) is 0 Å². The summed E-state index contributed by atoms with van der Waals surface area (Å²) in [6.07, 6.45) is 4.87. The minimum atomic E-state index is 1.06. The highest BCUT2D eigenvalue weighted by molar-refractivity contribution is 8.14. The molecule has 0 spiro atoms. The molecule has 0 amide bonds. The average Bonchev–Trinajstić information content (AvgIpc) is 2.83. The Balaban J connectivity index is 1.77. The molecule has 122 valence electrons. The van der Waals surface area contributed by atoms with Gasteiger partial charge in [0.05, 0.1) is 5.69 Å². The summed E-state index contributed by atoms with van der Waals surface area (Å²) >= 11 is 1.91. The first-order chi connectivity index (χ1) is 11.9. The molecule has 0 N–H and O–H groups in total. The van der Waals surface area contributed by atoms with Crippen molar-refractivity contribution >= 4 is 28.2 Å². The van der Waals surface area contributed by atoms with Crippen molar-refractivity contribution in [3.63, 3.8) is 0 Å². The van der Waals surface area contributed by atoms with Gasteiger partial charge in [-0.2, -0.15) is 0 Å². The molecular formula is C21H22N2S. The van der Waals surface area contributed by atoms with E-state index in [-0.39, 0.29) is 0 Å². The van der Waals surface area contributed by atoms with Gasteiger partial charge in [-0.3, -0.25) is 0 Å². The van der Waals surface area contributed by atoms with Crippen LogP contribution in [-0.4, -0.2) is 17.3 Å². The van der Waals surface area contributed by atoms with Gasteiger partial charge in [0.2, 0.25) is 0 Å².